The lowest BCUT2D eigenvalue weighted by Crippen LogP contribution is -2.44. The zero-order chi connectivity index (χ0) is 10.7. The number of hydrogen-bond acceptors (Lipinski definition) is 3. The van der Waals surface area contributed by atoms with E-state index < -0.39 is 12.1 Å². The van der Waals surface area contributed by atoms with Crippen LogP contribution in [0.25, 0.3) is 0 Å². The number of carbonyl (C=O) groups excluding carboxylic acids is 2. The Kier molecular flexibility index (Phi) is 2.67. The number of rotatable bonds is 2. The van der Waals surface area contributed by atoms with Crippen LogP contribution in [0.1, 0.15) is 12.0 Å². The molecule has 0 spiro atoms. The third-order valence-corrected chi connectivity index (χ3v) is 2.27. The minimum absolute atomic E-state index is 0.152. The van der Waals surface area contributed by atoms with E-state index in [-0.39, 0.29) is 12.5 Å². The topological polar surface area (TPSA) is 55.4 Å². The summed E-state index contributed by atoms with van der Waals surface area (Å²) in [6.07, 6.45) is 0.245. The van der Waals surface area contributed by atoms with Crippen molar-refractivity contribution >= 4 is 12.1 Å². The Morgan fingerprint density at radius 2 is 2.00 bits per heavy atom. The standard InChI is InChI=1S/C11H11NO3/c13-10-7-9(12-11(14)15-10)6-8-4-2-1-3-5-8/h1-5,9H,6-7H2,(H,12,14)/t9-/m0/s1. The second-order valence-corrected chi connectivity index (χ2v) is 3.50. The molecule has 0 radical (unpaired) electrons. The monoisotopic (exact) mass is 205 g/mol. The molecule has 1 atom stereocenters. The maximum Gasteiger partial charge on any atom is 0.415 e. The van der Waals surface area contributed by atoms with Gasteiger partial charge in [-0.3, -0.25) is 4.79 Å². The van der Waals surface area contributed by atoms with Gasteiger partial charge in [-0.15, -0.1) is 0 Å². The molecular formula is C11H11NO3. The third-order valence-electron chi connectivity index (χ3n) is 2.27. The molecular weight excluding hydrogens is 194 g/mol. The molecule has 1 fully saturated rings. The number of nitrogens with one attached hydrogen (secondary N) is 1. The van der Waals surface area contributed by atoms with Gasteiger partial charge in [-0.05, 0) is 12.0 Å². The molecule has 1 aliphatic heterocycles. The summed E-state index contributed by atoms with van der Waals surface area (Å²) in [4.78, 5) is 21.9. The fourth-order valence-electron chi connectivity index (χ4n) is 1.62. The molecule has 1 aromatic carbocycles. The first kappa shape index (κ1) is 9.71. The highest BCUT2D eigenvalue weighted by atomic mass is 16.6. The van der Waals surface area contributed by atoms with Crippen molar-refractivity contribution < 1.29 is 14.3 Å². The van der Waals surface area contributed by atoms with Crippen LogP contribution in [0.5, 0.6) is 0 Å². The molecule has 2 rings (SSSR count). The molecule has 1 heterocycles. The summed E-state index contributed by atoms with van der Waals surface area (Å²) in [5.74, 6) is -0.459. The van der Waals surface area contributed by atoms with Gasteiger partial charge in [-0.2, -0.15) is 0 Å². The van der Waals surface area contributed by atoms with Crippen LogP contribution in [0.4, 0.5) is 4.79 Å². The lowest BCUT2D eigenvalue weighted by molar-refractivity contribution is -0.139. The van der Waals surface area contributed by atoms with Crippen LogP contribution in [0.2, 0.25) is 0 Å². The lowest BCUT2D eigenvalue weighted by atomic mass is 10.0. The van der Waals surface area contributed by atoms with Gasteiger partial charge in [0, 0.05) is 6.04 Å². The van der Waals surface area contributed by atoms with Crippen molar-refractivity contribution in [1.29, 1.82) is 0 Å². The number of carbonyl (C=O) groups is 2. The molecule has 1 saturated heterocycles. The second-order valence-electron chi connectivity index (χ2n) is 3.50. The quantitative estimate of drug-likeness (QED) is 0.584. The Balaban J connectivity index is 2.00. The first-order chi connectivity index (χ1) is 7.24. The fourth-order valence-corrected chi connectivity index (χ4v) is 1.62. The van der Waals surface area contributed by atoms with E-state index in [0.29, 0.717) is 6.42 Å². The SMILES string of the molecule is O=C1C[C@H](Cc2ccccc2)NC(=O)O1. The van der Waals surface area contributed by atoms with Crippen molar-refractivity contribution in [2.75, 3.05) is 0 Å². The van der Waals surface area contributed by atoms with Crippen LogP contribution in [0.3, 0.4) is 0 Å². The van der Waals surface area contributed by atoms with E-state index in [2.05, 4.69) is 10.1 Å². The first-order valence-corrected chi connectivity index (χ1v) is 4.79. The lowest BCUT2D eigenvalue weighted by Gasteiger charge is -2.21. The highest BCUT2D eigenvalue weighted by Gasteiger charge is 2.25. The number of esters is 1. The van der Waals surface area contributed by atoms with Crippen LogP contribution in [0.15, 0.2) is 30.3 Å². The minimum atomic E-state index is -0.646. The predicted octanol–water partition coefficient (Wildman–Crippen LogP) is 1.25. The smallest absolute Gasteiger partial charge is 0.376 e. The molecule has 1 N–H and O–H groups in total. The fraction of sp³-hybridized carbons (Fsp3) is 0.273. The average Bonchev–Trinajstić information content (AvgIpc) is 2.17. The van der Waals surface area contributed by atoms with E-state index in [4.69, 9.17) is 0 Å². The Morgan fingerprint density at radius 3 is 2.67 bits per heavy atom. The first-order valence-electron chi connectivity index (χ1n) is 4.79. The zero-order valence-electron chi connectivity index (χ0n) is 8.10. The van der Waals surface area contributed by atoms with Gasteiger partial charge in [0.2, 0.25) is 0 Å². The van der Waals surface area contributed by atoms with Crippen molar-refractivity contribution in [3.05, 3.63) is 35.9 Å². The molecule has 0 unspecified atom stereocenters. The molecule has 0 aromatic heterocycles. The molecule has 78 valence electrons. The maximum atomic E-state index is 11.0. The molecule has 15 heavy (non-hydrogen) atoms. The molecule has 1 aliphatic rings. The summed E-state index contributed by atoms with van der Waals surface area (Å²) < 4.78 is 4.37. The van der Waals surface area contributed by atoms with Crippen LogP contribution in [-0.4, -0.2) is 18.1 Å². The summed E-state index contributed by atoms with van der Waals surface area (Å²) in [7, 11) is 0. The summed E-state index contributed by atoms with van der Waals surface area (Å²) >= 11 is 0. The van der Waals surface area contributed by atoms with E-state index in [1.54, 1.807) is 0 Å². The molecule has 1 amide bonds. The van der Waals surface area contributed by atoms with Gasteiger partial charge in [-0.1, -0.05) is 30.3 Å². The largest absolute Gasteiger partial charge is 0.415 e. The number of ether oxygens (including phenoxy) is 1. The molecule has 0 saturated carbocycles. The van der Waals surface area contributed by atoms with Crippen molar-refractivity contribution in [3.63, 3.8) is 0 Å². The number of alkyl carbamates (subject to hydrolysis) is 1. The molecule has 0 bridgehead atoms. The van der Waals surface area contributed by atoms with Crippen molar-refractivity contribution in [1.82, 2.24) is 5.32 Å². The minimum Gasteiger partial charge on any atom is -0.376 e. The Morgan fingerprint density at radius 1 is 1.27 bits per heavy atom. The Labute approximate surface area is 87.2 Å². The highest BCUT2D eigenvalue weighted by Crippen LogP contribution is 2.10. The van der Waals surface area contributed by atoms with Gasteiger partial charge >= 0.3 is 12.1 Å². The van der Waals surface area contributed by atoms with Crippen LogP contribution in [0, 0.1) is 0 Å². The van der Waals surface area contributed by atoms with E-state index >= 15 is 0 Å². The van der Waals surface area contributed by atoms with E-state index in [0.717, 1.165) is 5.56 Å². The van der Waals surface area contributed by atoms with Crippen molar-refractivity contribution in [3.8, 4) is 0 Å². The van der Waals surface area contributed by atoms with Crippen LogP contribution >= 0.6 is 0 Å². The highest BCUT2D eigenvalue weighted by molar-refractivity contribution is 5.87. The van der Waals surface area contributed by atoms with Crippen molar-refractivity contribution in [2.24, 2.45) is 0 Å². The molecule has 0 aliphatic carbocycles. The van der Waals surface area contributed by atoms with E-state index in [1.165, 1.54) is 0 Å². The Hall–Kier alpha value is -1.84. The van der Waals surface area contributed by atoms with Gasteiger partial charge in [0.15, 0.2) is 0 Å². The summed E-state index contributed by atoms with van der Waals surface area (Å²) in [6, 6.07) is 9.56. The molecule has 4 nitrogen and oxygen atoms in total. The normalized spacial score (nSPS) is 20.7. The van der Waals surface area contributed by atoms with Gasteiger partial charge in [0.05, 0.1) is 6.42 Å². The maximum absolute atomic E-state index is 11.0. The number of benzene rings is 1. The average molecular weight is 205 g/mol. The van der Waals surface area contributed by atoms with Crippen molar-refractivity contribution in [2.45, 2.75) is 18.9 Å². The predicted molar refractivity (Wildman–Crippen MR) is 53.2 cm³/mol. The van der Waals surface area contributed by atoms with Crippen LogP contribution in [-0.2, 0) is 16.0 Å². The van der Waals surface area contributed by atoms with Gasteiger partial charge in [0.1, 0.15) is 0 Å². The molecule has 1 aromatic rings. The third kappa shape index (κ3) is 2.56. The van der Waals surface area contributed by atoms with Gasteiger partial charge in [-0.25, -0.2) is 4.79 Å². The summed E-state index contributed by atoms with van der Waals surface area (Å²) in [6.45, 7) is 0. The zero-order valence-corrected chi connectivity index (χ0v) is 8.10. The van der Waals surface area contributed by atoms with Crippen LogP contribution < -0.4 is 5.32 Å². The second kappa shape index (κ2) is 4.13. The number of cyclic esters (lactones) is 2. The Bertz CT molecular complexity index is 359. The van der Waals surface area contributed by atoms with Gasteiger partial charge in [0.25, 0.3) is 0 Å². The number of hydrogen-bond donors (Lipinski definition) is 1. The summed E-state index contributed by atoms with van der Waals surface area (Å²) in [5.41, 5.74) is 1.09. The number of amides is 1. The van der Waals surface area contributed by atoms with E-state index in [1.807, 2.05) is 30.3 Å². The molecule has 4 heteroatoms. The summed E-state index contributed by atoms with van der Waals surface area (Å²) in [5, 5.41) is 2.61. The van der Waals surface area contributed by atoms with E-state index in [9.17, 15) is 9.59 Å². The van der Waals surface area contributed by atoms with Gasteiger partial charge < -0.3 is 10.1 Å².